The van der Waals surface area contributed by atoms with Crippen molar-refractivity contribution in [2.45, 2.75) is 89.1 Å². The number of hydrogen-bond donors (Lipinski definition) is 4. The summed E-state index contributed by atoms with van der Waals surface area (Å²) in [7, 11) is 0. The highest BCUT2D eigenvalue weighted by molar-refractivity contribution is 6.01. The molecule has 9 nitrogen and oxygen atoms in total. The molecule has 4 aliphatic heterocycles. The van der Waals surface area contributed by atoms with Gasteiger partial charge >= 0.3 is 0 Å². The lowest BCUT2D eigenvalue weighted by molar-refractivity contribution is -0.133. The van der Waals surface area contributed by atoms with Crippen molar-refractivity contribution in [3.05, 3.63) is 130 Å². The van der Waals surface area contributed by atoms with E-state index in [1.165, 1.54) is 36.4 Å². The van der Waals surface area contributed by atoms with Crippen LogP contribution in [0.1, 0.15) is 106 Å². The molecule has 4 fully saturated rings. The fourth-order valence-corrected chi connectivity index (χ4v) is 11.2. The summed E-state index contributed by atoms with van der Waals surface area (Å²) in [6.45, 7) is 8.14. The predicted molar refractivity (Wildman–Crippen MR) is 245 cm³/mol. The summed E-state index contributed by atoms with van der Waals surface area (Å²) in [5, 5.41) is 28.0. The van der Waals surface area contributed by atoms with Gasteiger partial charge in [0.2, 0.25) is 0 Å². The first-order chi connectivity index (χ1) is 31.0. The van der Waals surface area contributed by atoms with E-state index >= 15 is 13.6 Å². The maximum atomic E-state index is 16.3. The van der Waals surface area contributed by atoms with E-state index in [2.05, 4.69) is 20.4 Å². The molecule has 0 radical (unpaired) electrons. The first-order valence-electron chi connectivity index (χ1n) is 23.6. The van der Waals surface area contributed by atoms with Gasteiger partial charge in [0, 0.05) is 84.9 Å². The molecule has 4 heterocycles. The molecule has 0 saturated carbocycles. The summed E-state index contributed by atoms with van der Waals surface area (Å²) in [5.41, 5.74) is 2.58. The zero-order valence-electron chi connectivity index (χ0n) is 37.3. The Kier molecular flexibility index (Phi) is 14.7. The van der Waals surface area contributed by atoms with Gasteiger partial charge in [-0.1, -0.05) is 61.4 Å². The average molecular weight is 875 g/mol. The summed E-state index contributed by atoms with van der Waals surface area (Å²) in [5.74, 6) is -6.11. The van der Waals surface area contributed by atoms with Gasteiger partial charge in [0.05, 0.1) is 0 Å². The number of Topliss-reactive ketones (excluding diaryl/α,β-unsaturated/α-hetero) is 3. The number of ketones is 3. The lowest BCUT2D eigenvalue weighted by Crippen LogP contribution is -2.56. The maximum absolute atomic E-state index is 16.3. The summed E-state index contributed by atoms with van der Waals surface area (Å²) in [4.78, 5) is 50.7. The molecule has 340 valence electrons. The fraction of sp³-hybridized carbons (Fsp3) is 0.491. The van der Waals surface area contributed by atoms with E-state index in [1.807, 2.05) is 12.1 Å². The molecule has 11 heteroatoms. The third kappa shape index (κ3) is 10.2. The van der Waals surface area contributed by atoms with Crippen molar-refractivity contribution >= 4 is 17.3 Å². The van der Waals surface area contributed by atoms with Crippen molar-refractivity contribution in [2.24, 2.45) is 23.7 Å². The number of rotatable bonds is 18. The van der Waals surface area contributed by atoms with Gasteiger partial charge in [-0.05, 0) is 137 Å². The first-order valence-corrected chi connectivity index (χ1v) is 23.6. The van der Waals surface area contributed by atoms with E-state index in [1.54, 1.807) is 50.2 Å². The number of nitrogens with one attached hydrogen (secondary N) is 2. The summed E-state index contributed by atoms with van der Waals surface area (Å²) < 4.78 is 31.5. The molecule has 5 unspecified atom stereocenters. The van der Waals surface area contributed by atoms with Crippen molar-refractivity contribution in [1.29, 1.82) is 0 Å². The molecule has 8 rings (SSSR count). The third-order valence-electron chi connectivity index (χ3n) is 15.0. The van der Waals surface area contributed by atoms with Gasteiger partial charge in [-0.2, -0.15) is 0 Å². The number of halogens is 2. The molecule has 4 aromatic rings. The highest BCUT2D eigenvalue weighted by Crippen LogP contribution is 2.48. The largest absolute Gasteiger partial charge is 0.508 e. The van der Waals surface area contributed by atoms with E-state index in [9.17, 15) is 19.8 Å². The minimum atomic E-state index is -0.795. The molecule has 8 atom stereocenters. The van der Waals surface area contributed by atoms with Crippen LogP contribution in [-0.4, -0.2) is 102 Å². The minimum Gasteiger partial charge on any atom is -0.508 e. The molecule has 4 N–H and O–H groups in total. The van der Waals surface area contributed by atoms with Gasteiger partial charge in [0.25, 0.3) is 0 Å². The van der Waals surface area contributed by atoms with E-state index in [4.69, 9.17) is 0 Å². The van der Waals surface area contributed by atoms with Gasteiger partial charge in [-0.25, -0.2) is 8.78 Å². The number of carbonyl (C=O) groups excluding carboxylic acids is 3. The van der Waals surface area contributed by atoms with Crippen molar-refractivity contribution < 1.29 is 33.4 Å². The number of benzene rings is 4. The van der Waals surface area contributed by atoms with Gasteiger partial charge in [0.1, 0.15) is 28.9 Å². The highest BCUT2D eigenvalue weighted by Gasteiger charge is 2.51. The molecule has 4 aliphatic rings. The quantitative estimate of drug-likeness (QED) is 0.0578. The summed E-state index contributed by atoms with van der Waals surface area (Å²) in [6.07, 6.45) is 8.12. The van der Waals surface area contributed by atoms with Crippen LogP contribution in [0.2, 0.25) is 0 Å². The molecular formula is C53H64F2N4O5. The average Bonchev–Trinajstić information content (AvgIpc) is 3.25. The van der Waals surface area contributed by atoms with Crippen molar-refractivity contribution in [3.63, 3.8) is 0 Å². The molecule has 0 amide bonds. The molecule has 0 aliphatic carbocycles. The van der Waals surface area contributed by atoms with Crippen LogP contribution in [0.4, 0.5) is 8.78 Å². The monoisotopic (exact) mass is 874 g/mol. The number of likely N-dealkylation sites (tertiary alicyclic amines) is 2. The van der Waals surface area contributed by atoms with Crippen molar-refractivity contribution in [3.8, 4) is 11.5 Å². The Hall–Kier alpha value is -4.81. The van der Waals surface area contributed by atoms with E-state index in [0.29, 0.717) is 84.7 Å². The standard InChI is InChI=1S/C53H64F2N4O5/c1-33-41(17-9-19-47(33)54)49-43(51(62)35-11-7-15-39(60)27-35)29-58(25-5-3-13-37-21-23-56-37)31-45(49)53(64)46-32-59(26-6-4-14-38-22-24-57-38)30-44(52(63)36-12-8-16-40(61)28-36)50(46)42-18-10-20-48(55)34(42)2/h7-12,15-20,27-28,37-38,43-46,49-50,56-57,60-61H,3-6,13-14,21-26,29-32H2,1-2H3/t37?,38?,43-,44?,45+,46?,49-,50?/m0/s1. The number of piperidine rings is 2. The van der Waals surface area contributed by atoms with Crippen LogP contribution in [0.15, 0.2) is 84.9 Å². The Labute approximate surface area is 376 Å². The molecule has 4 aromatic carbocycles. The van der Waals surface area contributed by atoms with Crippen LogP contribution in [0.5, 0.6) is 11.5 Å². The normalized spacial score (nSPS) is 26.2. The molecule has 0 bridgehead atoms. The predicted octanol–water partition coefficient (Wildman–Crippen LogP) is 8.36. The first kappa shape index (κ1) is 45.7. The molecular weight excluding hydrogens is 811 g/mol. The topological polar surface area (TPSA) is 122 Å². The van der Waals surface area contributed by atoms with Gasteiger partial charge in [-0.3, -0.25) is 14.4 Å². The summed E-state index contributed by atoms with van der Waals surface area (Å²) >= 11 is 0. The Bertz CT molecular complexity index is 2140. The second-order valence-corrected chi connectivity index (χ2v) is 19.0. The number of hydrogen-bond acceptors (Lipinski definition) is 9. The van der Waals surface area contributed by atoms with Crippen molar-refractivity contribution in [2.75, 3.05) is 52.4 Å². The third-order valence-corrected chi connectivity index (χ3v) is 15.0. The van der Waals surface area contributed by atoms with Crippen molar-refractivity contribution in [1.82, 2.24) is 20.4 Å². The smallest absolute Gasteiger partial charge is 0.167 e. The molecule has 64 heavy (non-hydrogen) atoms. The highest BCUT2D eigenvalue weighted by atomic mass is 19.1. The molecule has 0 spiro atoms. The Balaban J connectivity index is 1.23. The minimum absolute atomic E-state index is 0.0452. The lowest BCUT2D eigenvalue weighted by atomic mass is 9.62. The lowest BCUT2D eigenvalue weighted by Gasteiger charge is -2.48. The second kappa shape index (κ2) is 20.6. The van der Waals surface area contributed by atoms with Crippen LogP contribution in [0.3, 0.4) is 0 Å². The van der Waals surface area contributed by atoms with E-state index in [-0.39, 0.29) is 28.8 Å². The molecule has 0 aromatic heterocycles. The van der Waals surface area contributed by atoms with Crippen LogP contribution in [-0.2, 0) is 4.79 Å². The van der Waals surface area contributed by atoms with Gasteiger partial charge < -0.3 is 30.6 Å². The fourth-order valence-electron chi connectivity index (χ4n) is 11.2. The van der Waals surface area contributed by atoms with E-state index in [0.717, 1.165) is 64.5 Å². The number of phenolic OH excluding ortho intramolecular Hbond substituents is 2. The SMILES string of the molecule is Cc1c(F)cccc1C1C(C(=O)c2cccc(O)c2)CN(CCCCC2CCN2)CC1C(=O)[C@@H]1CN(CCCCC2CCN2)C[C@H](C(=O)c2cccc(O)c2)[C@@H]1c1cccc(F)c1C. The molecule has 4 saturated heterocycles. The Morgan fingerprint density at radius 2 is 0.969 bits per heavy atom. The number of carbonyl (C=O) groups is 3. The number of nitrogens with zero attached hydrogens (tertiary/aromatic N) is 2. The number of unbranched alkanes of at least 4 members (excludes halogenated alkanes) is 2. The van der Waals surface area contributed by atoms with Gasteiger partial charge in [0.15, 0.2) is 11.6 Å². The Morgan fingerprint density at radius 1 is 0.578 bits per heavy atom. The van der Waals surface area contributed by atoms with Crippen LogP contribution in [0, 0.1) is 49.2 Å². The second-order valence-electron chi connectivity index (χ2n) is 19.0. The summed E-state index contributed by atoms with van der Waals surface area (Å²) in [6, 6.07) is 23.3. The zero-order valence-corrected chi connectivity index (χ0v) is 37.3. The zero-order chi connectivity index (χ0) is 44.9. The van der Waals surface area contributed by atoms with Gasteiger partial charge in [-0.15, -0.1) is 0 Å². The van der Waals surface area contributed by atoms with Crippen LogP contribution < -0.4 is 10.6 Å². The van der Waals surface area contributed by atoms with E-state index < -0.39 is 47.1 Å². The number of phenols is 2. The maximum Gasteiger partial charge on any atom is 0.167 e. The number of aromatic hydroxyl groups is 2. The Morgan fingerprint density at radius 3 is 1.34 bits per heavy atom. The van der Waals surface area contributed by atoms with Crippen LogP contribution >= 0.6 is 0 Å². The van der Waals surface area contributed by atoms with Crippen LogP contribution in [0.25, 0.3) is 0 Å².